The van der Waals surface area contributed by atoms with Gasteiger partial charge in [-0.15, -0.1) is 0 Å². The van der Waals surface area contributed by atoms with Crippen molar-refractivity contribution in [2.24, 2.45) is 0 Å². The molecular formula is C17H28N2O. The van der Waals surface area contributed by atoms with Gasteiger partial charge in [-0.1, -0.05) is 25.1 Å². The van der Waals surface area contributed by atoms with Crippen LogP contribution < -0.4 is 5.32 Å². The molecule has 1 aliphatic rings. The second kappa shape index (κ2) is 7.21. The standard InChI is InChI=1S/C17H28N2O/c1-5-8-19-9-10-20-16(12-19)17(18-4)15-7-6-13(2)14(3)11-15/h6-7,11,16-18H,5,8-10,12H2,1-4H3. The second-order valence-electron chi connectivity index (χ2n) is 5.82. The molecule has 0 radical (unpaired) electrons. The van der Waals surface area contributed by atoms with Gasteiger partial charge in [-0.05, 0) is 50.6 Å². The number of hydrogen-bond donors (Lipinski definition) is 1. The molecule has 3 nitrogen and oxygen atoms in total. The first-order valence-electron chi connectivity index (χ1n) is 7.74. The lowest BCUT2D eigenvalue weighted by atomic mass is 9.96. The van der Waals surface area contributed by atoms with Crippen LogP contribution in [0.1, 0.15) is 36.1 Å². The maximum atomic E-state index is 6.03. The Balaban J connectivity index is 2.12. The van der Waals surface area contributed by atoms with E-state index in [1.807, 2.05) is 7.05 Å². The minimum atomic E-state index is 0.238. The monoisotopic (exact) mass is 276 g/mol. The van der Waals surface area contributed by atoms with Gasteiger partial charge in [-0.25, -0.2) is 0 Å². The number of aryl methyl sites for hydroxylation is 2. The van der Waals surface area contributed by atoms with E-state index in [2.05, 4.69) is 49.2 Å². The molecule has 0 bridgehead atoms. The van der Waals surface area contributed by atoms with E-state index in [9.17, 15) is 0 Å². The largest absolute Gasteiger partial charge is 0.374 e. The predicted molar refractivity (Wildman–Crippen MR) is 84.2 cm³/mol. The van der Waals surface area contributed by atoms with Gasteiger partial charge in [0.25, 0.3) is 0 Å². The Labute approximate surface area is 123 Å². The number of hydrogen-bond acceptors (Lipinski definition) is 3. The minimum absolute atomic E-state index is 0.238. The van der Waals surface area contributed by atoms with E-state index in [1.165, 1.54) is 29.7 Å². The van der Waals surface area contributed by atoms with E-state index in [4.69, 9.17) is 4.74 Å². The molecule has 2 rings (SSSR count). The van der Waals surface area contributed by atoms with Gasteiger partial charge in [-0.2, -0.15) is 0 Å². The molecule has 1 N–H and O–H groups in total. The van der Waals surface area contributed by atoms with Crippen LogP contribution in [0.15, 0.2) is 18.2 Å². The van der Waals surface area contributed by atoms with Crippen molar-refractivity contribution in [3.8, 4) is 0 Å². The molecular weight excluding hydrogens is 248 g/mol. The number of benzene rings is 1. The highest BCUT2D eigenvalue weighted by atomic mass is 16.5. The van der Waals surface area contributed by atoms with E-state index in [-0.39, 0.29) is 12.1 Å². The molecule has 0 spiro atoms. The summed E-state index contributed by atoms with van der Waals surface area (Å²) in [6.45, 7) is 10.7. The maximum Gasteiger partial charge on any atom is 0.0896 e. The Morgan fingerprint density at radius 3 is 2.80 bits per heavy atom. The second-order valence-corrected chi connectivity index (χ2v) is 5.82. The Morgan fingerprint density at radius 2 is 2.15 bits per heavy atom. The van der Waals surface area contributed by atoms with Crippen molar-refractivity contribution in [1.82, 2.24) is 10.2 Å². The Kier molecular flexibility index (Phi) is 5.58. The fourth-order valence-electron chi connectivity index (χ4n) is 2.98. The van der Waals surface area contributed by atoms with Crippen LogP contribution in [0.5, 0.6) is 0 Å². The first kappa shape index (κ1) is 15.5. The Bertz CT molecular complexity index is 431. The highest BCUT2D eigenvalue weighted by Crippen LogP contribution is 2.24. The van der Waals surface area contributed by atoms with E-state index in [0.29, 0.717) is 0 Å². The van der Waals surface area contributed by atoms with Crippen molar-refractivity contribution >= 4 is 0 Å². The van der Waals surface area contributed by atoms with Crippen LogP contribution in [0.2, 0.25) is 0 Å². The van der Waals surface area contributed by atoms with Crippen LogP contribution in [0.4, 0.5) is 0 Å². The number of rotatable bonds is 5. The van der Waals surface area contributed by atoms with E-state index in [1.54, 1.807) is 0 Å². The number of likely N-dealkylation sites (N-methyl/N-ethyl adjacent to an activating group) is 1. The summed E-state index contributed by atoms with van der Waals surface area (Å²) in [7, 11) is 2.03. The number of ether oxygens (including phenoxy) is 1. The molecule has 1 aromatic carbocycles. The predicted octanol–water partition coefficient (Wildman–Crippen LogP) is 2.67. The third kappa shape index (κ3) is 3.60. The van der Waals surface area contributed by atoms with E-state index >= 15 is 0 Å². The summed E-state index contributed by atoms with van der Waals surface area (Å²) in [5.41, 5.74) is 4.03. The highest BCUT2D eigenvalue weighted by molar-refractivity contribution is 5.32. The molecule has 0 aliphatic carbocycles. The van der Waals surface area contributed by atoms with Gasteiger partial charge in [0.2, 0.25) is 0 Å². The van der Waals surface area contributed by atoms with Crippen LogP contribution in [0.25, 0.3) is 0 Å². The summed E-state index contributed by atoms with van der Waals surface area (Å²) < 4.78 is 6.03. The lowest BCUT2D eigenvalue weighted by Crippen LogP contribution is -2.47. The van der Waals surface area contributed by atoms with Gasteiger partial charge in [0.05, 0.1) is 18.8 Å². The molecule has 1 saturated heterocycles. The zero-order valence-corrected chi connectivity index (χ0v) is 13.3. The van der Waals surface area contributed by atoms with Crippen LogP contribution in [-0.4, -0.2) is 44.3 Å². The zero-order valence-electron chi connectivity index (χ0n) is 13.3. The van der Waals surface area contributed by atoms with Crippen molar-refractivity contribution in [3.05, 3.63) is 34.9 Å². The van der Waals surface area contributed by atoms with Crippen LogP contribution in [0, 0.1) is 13.8 Å². The van der Waals surface area contributed by atoms with Gasteiger partial charge < -0.3 is 10.1 Å². The number of morpholine rings is 1. The lowest BCUT2D eigenvalue weighted by molar-refractivity contribution is -0.0459. The minimum Gasteiger partial charge on any atom is -0.374 e. The average Bonchev–Trinajstić information content (AvgIpc) is 2.44. The van der Waals surface area contributed by atoms with Gasteiger partial charge in [0.1, 0.15) is 0 Å². The van der Waals surface area contributed by atoms with E-state index < -0.39 is 0 Å². The van der Waals surface area contributed by atoms with Crippen molar-refractivity contribution < 1.29 is 4.74 Å². The van der Waals surface area contributed by atoms with Crippen molar-refractivity contribution in [3.63, 3.8) is 0 Å². The molecule has 0 saturated carbocycles. The van der Waals surface area contributed by atoms with Crippen LogP contribution >= 0.6 is 0 Å². The molecule has 1 heterocycles. The van der Waals surface area contributed by atoms with Gasteiger partial charge in [0.15, 0.2) is 0 Å². The molecule has 0 aromatic heterocycles. The third-order valence-corrected chi connectivity index (χ3v) is 4.29. The SMILES string of the molecule is CCCN1CCOC(C(NC)c2ccc(C)c(C)c2)C1. The molecule has 0 amide bonds. The molecule has 112 valence electrons. The smallest absolute Gasteiger partial charge is 0.0896 e. The molecule has 2 unspecified atom stereocenters. The zero-order chi connectivity index (χ0) is 14.5. The molecule has 1 fully saturated rings. The fraction of sp³-hybridized carbons (Fsp3) is 0.647. The summed E-state index contributed by atoms with van der Waals surface area (Å²) in [6, 6.07) is 7.00. The van der Waals surface area contributed by atoms with Crippen molar-refractivity contribution in [1.29, 1.82) is 0 Å². The molecule has 3 heteroatoms. The fourth-order valence-corrected chi connectivity index (χ4v) is 2.98. The Hall–Kier alpha value is -0.900. The number of nitrogens with zero attached hydrogens (tertiary/aromatic N) is 1. The average molecular weight is 276 g/mol. The summed E-state index contributed by atoms with van der Waals surface area (Å²) in [5, 5.41) is 3.45. The third-order valence-electron chi connectivity index (χ3n) is 4.29. The molecule has 1 aromatic rings. The first-order valence-corrected chi connectivity index (χ1v) is 7.74. The van der Waals surface area contributed by atoms with Crippen molar-refractivity contribution in [2.75, 3.05) is 33.3 Å². The van der Waals surface area contributed by atoms with Crippen LogP contribution in [0.3, 0.4) is 0 Å². The quantitative estimate of drug-likeness (QED) is 0.895. The van der Waals surface area contributed by atoms with Gasteiger partial charge >= 0.3 is 0 Å². The van der Waals surface area contributed by atoms with Crippen LogP contribution in [-0.2, 0) is 4.74 Å². The summed E-state index contributed by atoms with van der Waals surface area (Å²) in [5.74, 6) is 0. The summed E-state index contributed by atoms with van der Waals surface area (Å²) >= 11 is 0. The molecule has 2 atom stereocenters. The van der Waals surface area contributed by atoms with Crippen molar-refractivity contribution in [2.45, 2.75) is 39.3 Å². The topological polar surface area (TPSA) is 24.5 Å². The Morgan fingerprint density at radius 1 is 1.35 bits per heavy atom. The maximum absolute atomic E-state index is 6.03. The highest BCUT2D eigenvalue weighted by Gasteiger charge is 2.28. The molecule has 1 aliphatic heterocycles. The van der Waals surface area contributed by atoms with E-state index in [0.717, 1.165) is 19.7 Å². The van der Waals surface area contributed by atoms with Gasteiger partial charge in [0, 0.05) is 13.1 Å². The lowest BCUT2D eigenvalue weighted by Gasteiger charge is -2.37. The molecule has 20 heavy (non-hydrogen) atoms. The summed E-state index contributed by atoms with van der Waals surface area (Å²) in [6.07, 6.45) is 1.45. The number of nitrogens with one attached hydrogen (secondary N) is 1. The first-order chi connectivity index (χ1) is 9.65. The normalized spacial score (nSPS) is 21.9. The van der Waals surface area contributed by atoms with Gasteiger partial charge in [-0.3, -0.25) is 4.90 Å². The summed E-state index contributed by atoms with van der Waals surface area (Å²) in [4.78, 5) is 2.51.